The van der Waals surface area contributed by atoms with Gasteiger partial charge in [-0.25, -0.2) is 4.39 Å². The number of rotatable bonds is 8. The lowest BCUT2D eigenvalue weighted by Crippen LogP contribution is -2.10. The first kappa shape index (κ1) is 19.2. The van der Waals surface area contributed by atoms with Gasteiger partial charge < -0.3 is 9.15 Å². The molecule has 8 heteroatoms. The summed E-state index contributed by atoms with van der Waals surface area (Å²) in [7, 11) is 1.45. The summed E-state index contributed by atoms with van der Waals surface area (Å²) in [6.45, 7) is 4.53. The lowest BCUT2D eigenvalue weighted by Gasteiger charge is -2.11. The van der Waals surface area contributed by atoms with Gasteiger partial charge in [0.2, 0.25) is 0 Å². The Bertz CT molecular complexity index is 922. The summed E-state index contributed by atoms with van der Waals surface area (Å²) in [4.78, 5) is 12.6. The summed E-state index contributed by atoms with van der Waals surface area (Å²) >= 11 is 1.26. The number of carbonyl (C=O) groups excluding carboxylic acids is 1. The van der Waals surface area contributed by atoms with Crippen LogP contribution in [-0.4, -0.2) is 33.4 Å². The van der Waals surface area contributed by atoms with Gasteiger partial charge in [0.1, 0.15) is 23.2 Å². The van der Waals surface area contributed by atoms with Crippen molar-refractivity contribution in [3.05, 3.63) is 59.6 Å². The number of aromatic nitrogens is 3. The van der Waals surface area contributed by atoms with E-state index in [4.69, 9.17) is 9.15 Å². The number of ketones is 1. The van der Waals surface area contributed by atoms with Crippen LogP contribution < -0.4 is 4.74 Å². The number of furan rings is 1. The van der Waals surface area contributed by atoms with Gasteiger partial charge in [-0.05, 0) is 30.3 Å². The predicted molar refractivity (Wildman–Crippen MR) is 99.9 cm³/mol. The van der Waals surface area contributed by atoms with Crippen LogP contribution in [-0.2, 0) is 6.54 Å². The second-order valence-corrected chi connectivity index (χ2v) is 7.16. The van der Waals surface area contributed by atoms with E-state index in [1.165, 1.54) is 37.1 Å². The minimum atomic E-state index is -0.479. The molecule has 3 rings (SSSR count). The van der Waals surface area contributed by atoms with E-state index in [9.17, 15) is 9.18 Å². The lowest BCUT2D eigenvalue weighted by molar-refractivity contribution is 0.101. The van der Waals surface area contributed by atoms with E-state index < -0.39 is 5.82 Å². The first-order chi connectivity index (χ1) is 13.0. The monoisotopic (exact) mass is 389 g/mol. The van der Waals surface area contributed by atoms with Crippen LogP contribution in [0.5, 0.6) is 5.75 Å². The van der Waals surface area contributed by atoms with Gasteiger partial charge >= 0.3 is 0 Å². The molecule has 6 nitrogen and oxygen atoms in total. The molecule has 0 amide bonds. The smallest absolute Gasteiger partial charge is 0.192 e. The van der Waals surface area contributed by atoms with E-state index in [0.29, 0.717) is 17.5 Å². The average molecular weight is 389 g/mol. The molecule has 0 aliphatic heterocycles. The van der Waals surface area contributed by atoms with Gasteiger partial charge in [0.25, 0.3) is 0 Å². The molecule has 27 heavy (non-hydrogen) atoms. The summed E-state index contributed by atoms with van der Waals surface area (Å²) < 4.78 is 26.0. The van der Waals surface area contributed by atoms with Crippen molar-refractivity contribution < 1.29 is 18.3 Å². The Morgan fingerprint density at radius 3 is 2.81 bits per heavy atom. The van der Waals surface area contributed by atoms with Crippen LogP contribution >= 0.6 is 11.8 Å². The van der Waals surface area contributed by atoms with Gasteiger partial charge in [0.15, 0.2) is 10.9 Å². The largest absolute Gasteiger partial charge is 0.496 e. The first-order valence-corrected chi connectivity index (χ1v) is 9.43. The van der Waals surface area contributed by atoms with Crippen molar-refractivity contribution in [2.75, 3.05) is 12.9 Å². The molecule has 0 radical (unpaired) electrons. The third-order valence-corrected chi connectivity index (χ3v) is 4.92. The number of Topliss-reactive ketones (excluding diaryl/α,β-unsaturated/α-hetero) is 1. The van der Waals surface area contributed by atoms with E-state index in [0.717, 1.165) is 11.6 Å². The first-order valence-electron chi connectivity index (χ1n) is 8.44. The van der Waals surface area contributed by atoms with Crippen molar-refractivity contribution in [2.24, 2.45) is 0 Å². The number of carbonyl (C=O) groups is 1. The second kappa shape index (κ2) is 8.39. The molecule has 0 aliphatic carbocycles. The highest BCUT2D eigenvalue weighted by atomic mass is 32.2. The van der Waals surface area contributed by atoms with Crippen LogP contribution in [0.3, 0.4) is 0 Å². The SMILES string of the molecule is COc1ccc(F)cc1C(=O)CSc1nnc(C(C)C)n1Cc1ccco1. The number of halogens is 1. The van der Waals surface area contributed by atoms with Gasteiger partial charge in [0.05, 0.1) is 31.2 Å². The predicted octanol–water partition coefficient (Wildman–Crippen LogP) is 4.17. The molecule has 0 saturated carbocycles. The maximum Gasteiger partial charge on any atom is 0.192 e. The zero-order valence-electron chi connectivity index (χ0n) is 15.3. The van der Waals surface area contributed by atoms with Gasteiger partial charge in [0, 0.05) is 5.92 Å². The molecule has 142 valence electrons. The normalized spacial score (nSPS) is 11.1. The molecule has 2 heterocycles. The van der Waals surface area contributed by atoms with Crippen molar-refractivity contribution in [1.82, 2.24) is 14.8 Å². The highest BCUT2D eigenvalue weighted by molar-refractivity contribution is 7.99. The van der Waals surface area contributed by atoms with Crippen LogP contribution in [0.4, 0.5) is 4.39 Å². The lowest BCUT2D eigenvalue weighted by atomic mass is 10.1. The molecule has 1 aromatic carbocycles. The van der Waals surface area contributed by atoms with Gasteiger partial charge in [-0.1, -0.05) is 25.6 Å². The zero-order valence-corrected chi connectivity index (χ0v) is 16.1. The summed E-state index contributed by atoms with van der Waals surface area (Å²) in [6.07, 6.45) is 1.61. The van der Waals surface area contributed by atoms with Crippen LogP contribution in [0, 0.1) is 5.82 Å². The number of hydrogen-bond donors (Lipinski definition) is 0. The Morgan fingerprint density at radius 1 is 1.33 bits per heavy atom. The third-order valence-electron chi connectivity index (χ3n) is 3.95. The zero-order chi connectivity index (χ0) is 19.4. The van der Waals surface area contributed by atoms with Crippen LogP contribution in [0.25, 0.3) is 0 Å². The minimum absolute atomic E-state index is 0.0915. The van der Waals surface area contributed by atoms with E-state index in [-0.39, 0.29) is 23.0 Å². The van der Waals surface area contributed by atoms with E-state index in [1.54, 1.807) is 6.26 Å². The molecule has 3 aromatic rings. The third kappa shape index (κ3) is 4.39. The topological polar surface area (TPSA) is 70.2 Å². The molecule has 0 fully saturated rings. The van der Waals surface area contributed by atoms with Crippen molar-refractivity contribution in [3.63, 3.8) is 0 Å². The molecular weight excluding hydrogens is 369 g/mol. The molecule has 2 aromatic heterocycles. The fourth-order valence-corrected chi connectivity index (χ4v) is 3.48. The fraction of sp³-hybridized carbons (Fsp3) is 0.316. The van der Waals surface area contributed by atoms with Gasteiger partial charge in [-0.15, -0.1) is 10.2 Å². The Balaban J connectivity index is 1.80. The maximum absolute atomic E-state index is 13.5. The molecular formula is C19H20FN3O3S. The van der Waals surface area contributed by atoms with E-state index in [1.807, 2.05) is 30.5 Å². The maximum atomic E-state index is 13.5. The van der Waals surface area contributed by atoms with E-state index in [2.05, 4.69) is 10.2 Å². The summed E-state index contributed by atoms with van der Waals surface area (Å²) in [6, 6.07) is 7.60. The number of methoxy groups -OCH3 is 1. The Kier molecular flexibility index (Phi) is 5.95. The molecule has 0 bridgehead atoms. The average Bonchev–Trinajstić information content (AvgIpc) is 3.30. The molecule has 0 aliphatic rings. The van der Waals surface area contributed by atoms with Crippen molar-refractivity contribution >= 4 is 17.5 Å². The number of benzene rings is 1. The van der Waals surface area contributed by atoms with Gasteiger partial charge in [-0.2, -0.15) is 0 Å². The Labute approximate surface area is 160 Å². The molecule has 0 unspecified atom stereocenters. The summed E-state index contributed by atoms with van der Waals surface area (Å²) in [5.41, 5.74) is 0.214. The molecule has 0 saturated heterocycles. The van der Waals surface area contributed by atoms with Crippen molar-refractivity contribution in [3.8, 4) is 5.75 Å². The molecule has 0 spiro atoms. The summed E-state index contributed by atoms with van der Waals surface area (Å²) in [5.74, 6) is 1.47. The highest BCUT2D eigenvalue weighted by Crippen LogP contribution is 2.26. The quantitative estimate of drug-likeness (QED) is 0.425. The second-order valence-electron chi connectivity index (χ2n) is 6.22. The minimum Gasteiger partial charge on any atom is -0.496 e. The Hall–Kier alpha value is -2.61. The molecule has 0 N–H and O–H groups in total. The fourth-order valence-electron chi connectivity index (χ4n) is 2.65. The number of hydrogen-bond acceptors (Lipinski definition) is 6. The van der Waals surface area contributed by atoms with Crippen LogP contribution in [0.1, 0.15) is 41.7 Å². The van der Waals surface area contributed by atoms with Crippen molar-refractivity contribution in [2.45, 2.75) is 31.5 Å². The number of nitrogens with zero attached hydrogens (tertiary/aromatic N) is 3. The number of ether oxygens (including phenoxy) is 1. The summed E-state index contributed by atoms with van der Waals surface area (Å²) in [5, 5.41) is 9.08. The van der Waals surface area contributed by atoms with Crippen LogP contribution in [0.2, 0.25) is 0 Å². The number of thioether (sulfide) groups is 1. The van der Waals surface area contributed by atoms with E-state index >= 15 is 0 Å². The molecule has 0 atom stereocenters. The van der Waals surface area contributed by atoms with Crippen molar-refractivity contribution in [1.29, 1.82) is 0 Å². The van der Waals surface area contributed by atoms with Crippen LogP contribution in [0.15, 0.2) is 46.2 Å². The highest BCUT2D eigenvalue weighted by Gasteiger charge is 2.19. The Morgan fingerprint density at radius 2 is 2.15 bits per heavy atom. The standard InChI is InChI=1S/C19H20FN3O3S/c1-12(2)18-21-22-19(23(18)10-14-5-4-8-26-14)27-11-16(24)15-9-13(20)6-7-17(15)25-3/h4-9,12H,10-11H2,1-3H3. The van der Waals surface area contributed by atoms with Gasteiger partial charge in [-0.3, -0.25) is 9.36 Å².